The van der Waals surface area contributed by atoms with Crippen LogP contribution in [0.1, 0.15) is 30.7 Å². The molecule has 1 atom stereocenters. The first-order valence-electron chi connectivity index (χ1n) is 11.6. The average Bonchev–Trinajstić information content (AvgIpc) is 3.38. The normalized spacial score (nSPS) is 17.2. The maximum atomic E-state index is 15.0. The summed E-state index contributed by atoms with van der Waals surface area (Å²) in [6.45, 7) is 0. The summed E-state index contributed by atoms with van der Waals surface area (Å²) < 4.78 is 16.1. The quantitative estimate of drug-likeness (QED) is 0.331. The molecule has 0 bridgehead atoms. The molecule has 0 saturated carbocycles. The largest absolute Gasteiger partial charge is 0.384 e. The smallest absolute Gasteiger partial charge is 0.235 e. The third-order valence-electron chi connectivity index (χ3n) is 6.09. The molecule has 5 rings (SSSR count). The molecule has 39 heavy (non-hydrogen) atoms. The van der Waals surface area contributed by atoms with Crippen LogP contribution in [0.25, 0.3) is 0 Å². The summed E-state index contributed by atoms with van der Waals surface area (Å²) in [6, 6.07) is 9.73. The van der Waals surface area contributed by atoms with Crippen LogP contribution >= 0.6 is 50.6 Å². The number of rotatable bonds is 6. The van der Waals surface area contributed by atoms with Crippen molar-refractivity contribution in [1.29, 1.82) is 5.26 Å². The van der Waals surface area contributed by atoms with Crippen LogP contribution in [0.15, 0.2) is 68.0 Å². The molecule has 0 spiro atoms. The minimum absolute atomic E-state index is 0.0460. The molecule has 198 valence electrons. The molecule has 1 unspecified atom stereocenters. The topological polar surface area (TPSA) is 138 Å². The van der Waals surface area contributed by atoms with Gasteiger partial charge in [-0.25, -0.2) is 9.37 Å². The standard InChI is InChI=1S/C25H18BrClFN7O2S2/c26-12-4-6-16(28)14(8-12)21-15(9-29)23(30)35(17-2-1-3-18(36)22(17)21)24-33-34-25(39-24)38-11-20(37)32-19-7-5-13(27)10-31-19/h4-8,10,21H,1-3,11,30H2,(H,31,32,37). The number of nitrogens with two attached hydrogens (primary N) is 1. The van der Waals surface area contributed by atoms with Gasteiger partial charge >= 0.3 is 0 Å². The van der Waals surface area contributed by atoms with Crippen LogP contribution in [0.4, 0.5) is 15.3 Å². The van der Waals surface area contributed by atoms with Gasteiger partial charge < -0.3 is 11.1 Å². The minimum atomic E-state index is -0.932. The van der Waals surface area contributed by atoms with E-state index in [1.807, 2.05) is 0 Å². The maximum Gasteiger partial charge on any atom is 0.235 e. The number of carbonyl (C=O) groups excluding carboxylic acids is 2. The number of carbonyl (C=O) groups is 2. The maximum absolute atomic E-state index is 15.0. The number of allylic oxidation sites excluding steroid dienone is 3. The van der Waals surface area contributed by atoms with Crippen LogP contribution in [0.5, 0.6) is 0 Å². The van der Waals surface area contributed by atoms with E-state index >= 15 is 0 Å². The van der Waals surface area contributed by atoms with E-state index in [-0.39, 0.29) is 40.8 Å². The highest BCUT2D eigenvalue weighted by atomic mass is 79.9. The van der Waals surface area contributed by atoms with Gasteiger partial charge in [-0.15, -0.1) is 10.2 Å². The fourth-order valence-electron chi connectivity index (χ4n) is 4.46. The van der Waals surface area contributed by atoms with E-state index in [1.54, 1.807) is 29.2 Å². The van der Waals surface area contributed by atoms with Crippen molar-refractivity contribution in [3.8, 4) is 6.07 Å². The number of pyridine rings is 1. The van der Waals surface area contributed by atoms with Crippen molar-refractivity contribution in [2.24, 2.45) is 5.73 Å². The number of nitriles is 1. The van der Waals surface area contributed by atoms with Crippen LogP contribution in [-0.2, 0) is 9.59 Å². The molecular weight excluding hydrogens is 629 g/mol. The van der Waals surface area contributed by atoms with Crippen LogP contribution in [-0.4, -0.2) is 32.6 Å². The Bertz CT molecular complexity index is 1590. The molecular formula is C25H18BrClFN7O2S2. The summed E-state index contributed by atoms with van der Waals surface area (Å²) in [5, 5.41) is 22.0. The molecule has 2 aliphatic rings. The number of Topliss-reactive ketones (excluding diaryl/α,β-unsaturated/α-hetero) is 1. The Morgan fingerprint density at radius 2 is 2.15 bits per heavy atom. The Balaban J connectivity index is 1.44. The summed E-state index contributed by atoms with van der Waals surface area (Å²) in [5.74, 6) is -1.45. The van der Waals surface area contributed by atoms with E-state index in [2.05, 4.69) is 42.5 Å². The first-order chi connectivity index (χ1) is 18.8. The van der Waals surface area contributed by atoms with Crippen molar-refractivity contribution in [3.05, 3.63) is 80.1 Å². The lowest BCUT2D eigenvalue weighted by atomic mass is 9.75. The van der Waals surface area contributed by atoms with Crippen LogP contribution in [0, 0.1) is 17.1 Å². The number of benzene rings is 1. The lowest BCUT2D eigenvalue weighted by Gasteiger charge is -2.38. The molecule has 1 aliphatic carbocycles. The first-order valence-corrected chi connectivity index (χ1v) is 14.5. The number of aromatic nitrogens is 3. The second-order valence-corrected chi connectivity index (χ2v) is 12.1. The monoisotopic (exact) mass is 645 g/mol. The second kappa shape index (κ2) is 11.4. The van der Waals surface area contributed by atoms with Crippen molar-refractivity contribution >= 4 is 73.3 Å². The van der Waals surface area contributed by atoms with Gasteiger partial charge in [0.05, 0.1) is 28.3 Å². The molecule has 3 N–H and O–H groups in total. The molecule has 9 nitrogen and oxygen atoms in total. The zero-order valence-electron chi connectivity index (χ0n) is 20.0. The fourth-order valence-corrected chi connectivity index (χ4v) is 6.63. The highest BCUT2D eigenvalue weighted by Gasteiger charge is 2.42. The van der Waals surface area contributed by atoms with E-state index in [0.29, 0.717) is 48.9 Å². The van der Waals surface area contributed by atoms with Crippen molar-refractivity contribution in [1.82, 2.24) is 15.2 Å². The van der Waals surface area contributed by atoms with Crippen molar-refractivity contribution < 1.29 is 14.0 Å². The minimum Gasteiger partial charge on any atom is -0.384 e. The number of nitrogens with one attached hydrogen (secondary N) is 1. The van der Waals surface area contributed by atoms with Gasteiger partial charge in [-0.05, 0) is 43.2 Å². The summed E-state index contributed by atoms with van der Waals surface area (Å²) in [6.07, 6.45) is 2.79. The lowest BCUT2D eigenvalue weighted by molar-refractivity contribution is -0.116. The summed E-state index contributed by atoms with van der Waals surface area (Å²) in [7, 11) is 0. The van der Waals surface area contributed by atoms with E-state index in [0.717, 1.165) is 0 Å². The molecule has 3 aromatic rings. The highest BCUT2D eigenvalue weighted by molar-refractivity contribution is 9.10. The summed E-state index contributed by atoms with van der Waals surface area (Å²) in [5.41, 5.74) is 7.68. The highest BCUT2D eigenvalue weighted by Crippen LogP contribution is 2.47. The number of hydrogen-bond donors (Lipinski definition) is 2. The van der Waals surface area contributed by atoms with E-state index in [4.69, 9.17) is 17.3 Å². The predicted octanol–water partition coefficient (Wildman–Crippen LogP) is 5.52. The number of nitrogens with zero attached hydrogens (tertiary/aromatic N) is 5. The fraction of sp³-hybridized carbons (Fsp3) is 0.200. The van der Waals surface area contributed by atoms with Gasteiger partial charge in [0.1, 0.15) is 17.5 Å². The third kappa shape index (κ3) is 5.56. The number of halogens is 3. The molecule has 0 radical (unpaired) electrons. The number of anilines is 2. The van der Waals surface area contributed by atoms with Crippen molar-refractivity contribution in [2.75, 3.05) is 16.0 Å². The lowest BCUT2D eigenvalue weighted by Crippen LogP contribution is -2.38. The first kappa shape index (κ1) is 27.3. The van der Waals surface area contributed by atoms with Gasteiger partial charge in [0, 0.05) is 33.9 Å². The molecule has 0 saturated heterocycles. The van der Waals surface area contributed by atoms with Gasteiger partial charge in [-0.2, -0.15) is 5.26 Å². The molecule has 2 aromatic heterocycles. The van der Waals surface area contributed by atoms with E-state index in [9.17, 15) is 19.2 Å². The molecule has 1 amide bonds. The Morgan fingerprint density at radius 1 is 1.33 bits per heavy atom. The number of thioether (sulfide) groups is 1. The molecule has 1 aromatic carbocycles. The zero-order valence-corrected chi connectivity index (χ0v) is 23.9. The van der Waals surface area contributed by atoms with Gasteiger partial charge in [-0.3, -0.25) is 14.5 Å². The third-order valence-corrected chi connectivity index (χ3v) is 8.85. The zero-order chi connectivity index (χ0) is 27.7. The number of ketones is 1. The second-order valence-electron chi connectivity index (χ2n) is 8.53. The molecule has 0 fully saturated rings. The SMILES string of the molecule is N#CC1=C(N)N(c2nnc(SCC(=O)Nc3ccc(Cl)cn3)s2)C2=C(C(=O)CCC2)C1c1cc(Br)ccc1F. The molecule has 1 aliphatic heterocycles. The van der Waals surface area contributed by atoms with Gasteiger partial charge in [0.25, 0.3) is 0 Å². The van der Waals surface area contributed by atoms with Crippen molar-refractivity contribution in [2.45, 2.75) is 29.5 Å². The van der Waals surface area contributed by atoms with Gasteiger partial charge in [0.15, 0.2) is 10.1 Å². The number of hydrogen-bond acceptors (Lipinski definition) is 10. The van der Waals surface area contributed by atoms with Crippen LogP contribution in [0.3, 0.4) is 0 Å². The summed E-state index contributed by atoms with van der Waals surface area (Å²) >= 11 is 11.5. The van der Waals surface area contributed by atoms with Gasteiger partial charge in [0.2, 0.25) is 11.0 Å². The van der Waals surface area contributed by atoms with E-state index in [1.165, 1.54) is 35.4 Å². The number of amides is 1. The van der Waals surface area contributed by atoms with E-state index < -0.39 is 11.7 Å². The summed E-state index contributed by atoms with van der Waals surface area (Å²) in [4.78, 5) is 31.2. The molecule has 3 heterocycles. The predicted molar refractivity (Wildman–Crippen MR) is 151 cm³/mol. The average molecular weight is 647 g/mol. The van der Waals surface area contributed by atoms with Crippen LogP contribution < -0.4 is 16.0 Å². The van der Waals surface area contributed by atoms with Gasteiger partial charge in [-0.1, -0.05) is 50.6 Å². The Morgan fingerprint density at radius 3 is 2.90 bits per heavy atom. The van der Waals surface area contributed by atoms with Crippen molar-refractivity contribution in [3.63, 3.8) is 0 Å². The Kier molecular flexibility index (Phi) is 7.99. The molecule has 14 heteroatoms. The Labute approximate surface area is 244 Å². The van der Waals surface area contributed by atoms with Crippen LogP contribution in [0.2, 0.25) is 5.02 Å². The Hall–Kier alpha value is -3.31.